The minimum absolute atomic E-state index is 0. The Balaban J connectivity index is -0.0000000450. The third-order valence-electron chi connectivity index (χ3n) is 0. The van der Waals surface area contributed by atoms with Crippen molar-refractivity contribution in [1.29, 1.82) is 0 Å². The first-order valence-electron chi connectivity index (χ1n) is 0.775. The standard InChI is InChI=1S/BH3O3.2B/c2-1(3)4;;/h2-4H;;. The quantitative estimate of drug-likeness (QED) is 0.277. The Morgan fingerprint density at radius 2 is 0.833 bits per heavy atom. The van der Waals surface area contributed by atoms with Crippen LogP contribution in [0.4, 0.5) is 0 Å². The maximum absolute atomic E-state index is 7.17. The summed E-state index contributed by atoms with van der Waals surface area (Å²) in [5.74, 6) is 0. The van der Waals surface area contributed by atoms with Crippen molar-refractivity contribution < 1.29 is 15.1 Å². The van der Waals surface area contributed by atoms with Crippen molar-refractivity contribution in [2.24, 2.45) is 0 Å². The molecule has 0 aliphatic rings. The highest BCUT2D eigenvalue weighted by molar-refractivity contribution is 6.30. The molecule has 0 saturated heterocycles. The van der Waals surface area contributed by atoms with Gasteiger partial charge in [0.05, 0.1) is 0 Å². The lowest BCUT2D eigenvalue weighted by atomic mass is 10.3. The van der Waals surface area contributed by atoms with E-state index in [9.17, 15) is 0 Å². The fraction of sp³-hybridized carbons (Fsp3) is 0. The van der Waals surface area contributed by atoms with E-state index in [0.29, 0.717) is 0 Å². The van der Waals surface area contributed by atoms with E-state index in [4.69, 9.17) is 15.1 Å². The zero-order valence-corrected chi connectivity index (χ0v) is 3.07. The third-order valence-corrected chi connectivity index (χ3v) is 0. The SMILES string of the molecule is OB(O)O.[B].[B]. The third kappa shape index (κ3) is 6880. The Labute approximate surface area is 40.3 Å². The highest BCUT2D eigenvalue weighted by atomic mass is 16.5. The van der Waals surface area contributed by atoms with Gasteiger partial charge in [0, 0.05) is 16.8 Å². The Morgan fingerprint density at radius 1 is 0.833 bits per heavy atom. The maximum atomic E-state index is 7.17. The van der Waals surface area contributed by atoms with E-state index in [2.05, 4.69) is 0 Å². The second-order valence-corrected chi connectivity index (χ2v) is 0.346. The van der Waals surface area contributed by atoms with Gasteiger partial charge in [-0.05, 0) is 0 Å². The van der Waals surface area contributed by atoms with Crippen molar-refractivity contribution in [3.63, 3.8) is 0 Å². The first-order chi connectivity index (χ1) is 1.73. The monoisotopic (exact) mass is 84.0 g/mol. The van der Waals surface area contributed by atoms with Crippen LogP contribution in [0.3, 0.4) is 0 Å². The summed E-state index contributed by atoms with van der Waals surface area (Å²) in [7, 11) is -2.17. The number of rotatable bonds is 0. The maximum Gasteiger partial charge on any atom is 0.631 e. The van der Waals surface area contributed by atoms with Crippen molar-refractivity contribution in [1.82, 2.24) is 0 Å². The molecule has 0 saturated carbocycles. The van der Waals surface area contributed by atoms with E-state index in [0.717, 1.165) is 0 Å². The molecule has 0 aliphatic carbocycles. The molecule has 30 valence electrons. The molecule has 0 atom stereocenters. The molecule has 0 fully saturated rings. The summed E-state index contributed by atoms with van der Waals surface area (Å²) in [5, 5.41) is 21.5. The van der Waals surface area contributed by atoms with Gasteiger partial charge in [0.25, 0.3) is 0 Å². The summed E-state index contributed by atoms with van der Waals surface area (Å²) in [5.41, 5.74) is 0. The lowest BCUT2D eigenvalue weighted by Gasteiger charge is -1.69. The fourth-order valence-electron chi connectivity index (χ4n) is 0. The van der Waals surface area contributed by atoms with Crippen LogP contribution in [0.5, 0.6) is 0 Å². The van der Waals surface area contributed by atoms with Crippen LogP contribution >= 0.6 is 0 Å². The summed E-state index contributed by atoms with van der Waals surface area (Å²) in [4.78, 5) is 0. The first-order valence-corrected chi connectivity index (χ1v) is 0.775. The normalized spacial score (nSPS) is 4.50. The topological polar surface area (TPSA) is 60.7 Å². The van der Waals surface area contributed by atoms with E-state index in [1.807, 2.05) is 0 Å². The van der Waals surface area contributed by atoms with Gasteiger partial charge in [0.1, 0.15) is 0 Å². The van der Waals surface area contributed by atoms with Crippen molar-refractivity contribution in [2.75, 3.05) is 0 Å². The summed E-state index contributed by atoms with van der Waals surface area (Å²) in [6.07, 6.45) is 0. The molecule has 6 heavy (non-hydrogen) atoms. The second kappa shape index (κ2) is 8.91. The molecule has 0 heterocycles. The largest absolute Gasteiger partial charge is 0.631 e. The summed E-state index contributed by atoms with van der Waals surface area (Å²) in [6, 6.07) is 0. The fourth-order valence-corrected chi connectivity index (χ4v) is 0. The summed E-state index contributed by atoms with van der Waals surface area (Å²) >= 11 is 0. The van der Waals surface area contributed by atoms with Crippen molar-refractivity contribution in [3.05, 3.63) is 0 Å². The molecule has 0 rings (SSSR count). The molecule has 6 heteroatoms. The van der Waals surface area contributed by atoms with Crippen LogP contribution in [-0.4, -0.2) is 39.2 Å². The molecule has 0 aliphatic heterocycles. The second-order valence-electron chi connectivity index (χ2n) is 0.346. The highest BCUT2D eigenvalue weighted by Crippen LogP contribution is 1.40. The summed E-state index contributed by atoms with van der Waals surface area (Å²) in [6.45, 7) is 0. The van der Waals surface area contributed by atoms with Gasteiger partial charge in [0.2, 0.25) is 0 Å². The minimum atomic E-state index is -2.17. The van der Waals surface area contributed by atoms with Crippen LogP contribution in [0.15, 0.2) is 0 Å². The van der Waals surface area contributed by atoms with E-state index in [-0.39, 0.29) is 16.8 Å². The van der Waals surface area contributed by atoms with E-state index < -0.39 is 7.32 Å². The lowest BCUT2D eigenvalue weighted by Crippen LogP contribution is -2.07. The molecule has 0 spiro atoms. The van der Waals surface area contributed by atoms with Gasteiger partial charge in [0.15, 0.2) is 0 Å². The molecule has 6 radical (unpaired) electrons. The van der Waals surface area contributed by atoms with Crippen molar-refractivity contribution in [3.8, 4) is 0 Å². The average molecular weight is 83.5 g/mol. The average Bonchev–Trinajstić information content (AvgIpc) is 0.811. The van der Waals surface area contributed by atoms with Gasteiger partial charge >= 0.3 is 7.32 Å². The predicted octanol–water partition coefficient (Wildman–Crippen LogP) is -2.81. The summed E-state index contributed by atoms with van der Waals surface area (Å²) < 4.78 is 0. The van der Waals surface area contributed by atoms with Crippen LogP contribution in [0.25, 0.3) is 0 Å². The van der Waals surface area contributed by atoms with Crippen LogP contribution < -0.4 is 0 Å². The van der Waals surface area contributed by atoms with Crippen LogP contribution in [0.2, 0.25) is 0 Å². The van der Waals surface area contributed by atoms with Gasteiger partial charge < -0.3 is 15.1 Å². The molecule has 0 unspecified atom stereocenters. The Kier molecular flexibility index (Phi) is 24.6. The Morgan fingerprint density at radius 3 is 0.833 bits per heavy atom. The lowest BCUT2D eigenvalue weighted by molar-refractivity contribution is 0.278. The highest BCUT2D eigenvalue weighted by Gasteiger charge is 1.92. The van der Waals surface area contributed by atoms with Crippen LogP contribution in [0, 0.1) is 0 Å². The van der Waals surface area contributed by atoms with Gasteiger partial charge in [-0.15, -0.1) is 0 Å². The van der Waals surface area contributed by atoms with Gasteiger partial charge in [-0.25, -0.2) is 0 Å². The first kappa shape index (κ1) is 16.5. The van der Waals surface area contributed by atoms with E-state index in [1.165, 1.54) is 0 Å². The minimum Gasteiger partial charge on any atom is -0.402 e. The van der Waals surface area contributed by atoms with Crippen LogP contribution in [0.1, 0.15) is 0 Å². The van der Waals surface area contributed by atoms with Crippen molar-refractivity contribution in [2.45, 2.75) is 0 Å². The molecule has 3 nitrogen and oxygen atoms in total. The molecule has 0 amide bonds. The van der Waals surface area contributed by atoms with E-state index in [1.54, 1.807) is 0 Å². The van der Waals surface area contributed by atoms with Crippen LogP contribution in [-0.2, 0) is 0 Å². The number of hydrogen-bond acceptors (Lipinski definition) is 3. The predicted molar refractivity (Wildman–Crippen MR) is 23.9 cm³/mol. The van der Waals surface area contributed by atoms with Gasteiger partial charge in [-0.1, -0.05) is 0 Å². The van der Waals surface area contributed by atoms with Crippen molar-refractivity contribution >= 4 is 24.1 Å². The Bertz CT molecular complexity index is 10.8. The van der Waals surface area contributed by atoms with E-state index >= 15 is 0 Å². The molecule has 0 aromatic carbocycles. The molecule has 0 aromatic rings. The molecule has 0 aromatic heterocycles. The smallest absolute Gasteiger partial charge is 0.402 e. The number of hydrogen-bond donors (Lipinski definition) is 3. The Hall–Kier alpha value is 0.0748. The zero-order valence-electron chi connectivity index (χ0n) is 3.07. The molecular formula is H3B3O3. The zero-order chi connectivity index (χ0) is 3.58. The molecule has 3 N–H and O–H groups in total. The molecular weight excluding hydrogens is 80.4 g/mol. The van der Waals surface area contributed by atoms with Gasteiger partial charge in [-0.2, -0.15) is 0 Å². The molecule has 0 bridgehead atoms. The van der Waals surface area contributed by atoms with Gasteiger partial charge in [-0.3, -0.25) is 0 Å².